The molecule has 0 aromatic carbocycles. The van der Waals surface area contributed by atoms with Crippen molar-refractivity contribution in [3.63, 3.8) is 0 Å². The second-order valence-electron chi connectivity index (χ2n) is 9.13. The first-order chi connectivity index (χ1) is 13.8. The molecule has 0 radical (unpaired) electrons. The first-order valence-electron chi connectivity index (χ1n) is 11.0. The minimum atomic E-state index is -0.618. The summed E-state index contributed by atoms with van der Waals surface area (Å²) in [6.07, 6.45) is 8.07. The lowest BCUT2D eigenvalue weighted by atomic mass is 10.00. The van der Waals surface area contributed by atoms with Crippen molar-refractivity contribution in [1.29, 1.82) is 0 Å². The van der Waals surface area contributed by atoms with Crippen LogP contribution in [0, 0.1) is 6.92 Å². The van der Waals surface area contributed by atoms with Gasteiger partial charge in [-0.3, -0.25) is 4.79 Å². The van der Waals surface area contributed by atoms with Gasteiger partial charge in [-0.1, -0.05) is 6.07 Å². The molecule has 1 aliphatic heterocycles. The number of piperidine rings is 1. The number of carbonyl (C=O) groups excluding carboxylic acids is 1. The fourth-order valence-electron chi connectivity index (χ4n) is 4.05. The number of likely N-dealkylation sites (tertiary alicyclic amines) is 1. The minimum absolute atomic E-state index is 0.0549. The summed E-state index contributed by atoms with van der Waals surface area (Å²) in [5.41, 5.74) is 2.84. The number of aromatic nitrogens is 2. The van der Waals surface area contributed by atoms with E-state index in [9.17, 15) is 9.90 Å². The molecule has 3 heterocycles. The van der Waals surface area contributed by atoms with Gasteiger partial charge in [-0.15, -0.1) is 0 Å². The van der Waals surface area contributed by atoms with Crippen LogP contribution in [0.25, 0.3) is 5.65 Å². The van der Waals surface area contributed by atoms with Crippen LogP contribution in [0.3, 0.4) is 0 Å². The van der Waals surface area contributed by atoms with Crippen LogP contribution in [0.5, 0.6) is 0 Å². The molecule has 0 unspecified atom stereocenters. The van der Waals surface area contributed by atoms with Gasteiger partial charge in [0.1, 0.15) is 5.65 Å². The average Bonchev–Trinajstić information content (AvgIpc) is 3.05. The van der Waals surface area contributed by atoms with E-state index in [1.54, 1.807) is 0 Å². The molecule has 1 aliphatic rings. The van der Waals surface area contributed by atoms with E-state index in [2.05, 4.69) is 16.6 Å². The van der Waals surface area contributed by atoms with Crippen LogP contribution < -0.4 is 5.32 Å². The maximum Gasteiger partial charge on any atom is 0.274 e. The summed E-state index contributed by atoms with van der Waals surface area (Å²) >= 11 is 0. The molecular formula is C23H36N4O2. The predicted molar refractivity (Wildman–Crippen MR) is 116 cm³/mol. The van der Waals surface area contributed by atoms with Crippen LogP contribution >= 0.6 is 0 Å². The van der Waals surface area contributed by atoms with E-state index in [0.717, 1.165) is 62.1 Å². The first kappa shape index (κ1) is 21.8. The summed E-state index contributed by atoms with van der Waals surface area (Å²) < 4.78 is 2.06. The van der Waals surface area contributed by atoms with Gasteiger partial charge < -0.3 is 19.7 Å². The molecule has 1 amide bonds. The zero-order valence-electron chi connectivity index (χ0n) is 18.4. The zero-order chi connectivity index (χ0) is 21.0. The Hall–Kier alpha value is -1.92. The maximum absolute atomic E-state index is 13.2. The number of hydrogen-bond donors (Lipinski definition) is 2. The van der Waals surface area contributed by atoms with Gasteiger partial charge in [0.25, 0.3) is 5.91 Å². The van der Waals surface area contributed by atoms with Gasteiger partial charge in [0.05, 0.1) is 11.3 Å². The Morgan fingerprint density at radius 2 is 2.03 bits per heavy atom. The summed E-state index contributed by atoms with van der Waals surface area (Å²) in [5.74, 6) is 0.0549. The third-order valence-corrected chi connectivity index (χ3v) is 5.83. The largest absolute Gasteiger partial charge is 0.390 e. The second kappa shape index (κ2) is 9.26. The summed E-state index contributed by atoms with van der Waals surface area (Å²) in [4.78, 5) is 19.9. The number of imidazole rings is 1. The number of rotatable bonds is 8. The zero-order valence-corrected chi connectivity index (χ0v) is 18.4. The lowest BCUT2D eigenvalue weighted by molar-refractivity contribution is 0.0673. The molecule has 6 nitrogen and oxygen atoms in total. The predicted octanol–water partition coefficient (Wildman–Crippen LogP) is 3.69. The first-order valence-corrected chi connectivity index (χ1v) is 11.0. The molecule has 2 aromatic heterocycles. The van der Waals surface area contributed by atoms with Gasteiger partial charge in [0, 0.05) is 31.9 Å². The number of fused-ring (bicyclic) bond motifs is 1. The van der Waals surface area contributed by atoms with Crippen molar-refractivity contribution in [3.05, 3.63) is 35.3 Å². The van der Waals surface area contributed by atoms with Gasteiger partial charge in [0.2, 0.25) is 0 Å². The van der Waals surface area contributed by atoms with Crippen molar-refractivity contribution in [2.75, 3.05) is 13.1 Å². The van der Waals surface area contributed by atoms with Crippen LogP contribution in [-0.4, -0.2) is 50.0 Å². The number of carbonyl (C=O) groups is 1. The highest BCUT2D eigenvalue weighted by molar-refractivity contribution is 5.94. The molecule has 3 rings (SSSR count). The van der Waals surface area contributed by atoms with Crippen LogP contribution in [0.1, 0.15) is 81.0 Å². The van der Waals surface area contributed by atoms with E-state index >= 15 is 0 Å². The fraction of sp³-hybridized carbons (Fsp3) is 0.652. The van der Waals surface area contributed by atoms with Gasteiger partial charge in [-0.25, -0.2) is 4.98 Å². The summed E-state index contributed by atoms with van der Waals surface area (Å²) in [6, 6.07) is 4.34. The number of aliphatic hydroxyl groups is 1. The number of aryl methyl sites for hydroxylation is 1. The van der Waals surface area contributed by atoms with Crippen molar-refractivity contribution in [2.24, 2.45) is 0 Å². The van der Waals surface area contributed by atoms with Crippen LogP contribution in [0.15, 0.2) is 18.3 Å². The van der Waals surface area contributed by atoms with Gasteiger partial charge >= 0.3 is 0 Å². The molecule has 160 valence electrons. The maximum atomic E-state index is 13.2. The van der Waals surface area contributed by atoms with Crippen molar-refractivity contribution in [3.8, 4) is 0 Å². The molecule has 1 fully saturated rings. The molecule has 29 heavy (non-hydrogen) atoms. The second-order valence-corrected chi connectivity index (χ2v) is 9.13. The fourth-order valence-corrected chi connectivity index (χ4v) is 4.05. The SMILES string of the molecule is Cc1cccn2c(CN[C@@H](C)CCCC(C)(C)O)c(C(=O)N3CCCCC3)nc12. The molecule has 0 aliphatic carbocycles. The van der Waals surface area contributed by atoms with Gasteiger partial charge in [-0.05, 0) is 77.8 Å². The van der Waals surface area contributed by atoms with Crippen molar-refractivity contribution in [2.45, 2.75) is 84.4 Å². The van der Waals surface area contributed by atoms with E-state index in [0.29, 0.717) is 18.3 Å². The molecule has 2 aromatic rings. The Balaban J connectivity index is 1.76. The van der Waals surface area contributed by atoms with E-state index in [1.807, 2.05) is 44.0 Å². The summed E-state index contributed by atoms with van der Waals surface area (Å²) in [5, 5.41) is 13.5. The number of nitrogens with zero attached hydrogens (tertiary/aromatic N) is 3. The Morgan fingerprint density at radius 3 is 2.72 bits per heavy atom. The Labute approximate surface area is 174 Å². The highest BCUT2D eigenvalue weighted by Gasteiger charge is 2.25. The van der Waals surface area contributed by atoms with Crippen LogP contribution in [0.2, 0.25) is 0 Å². The van der Waals surface area contributed by atoms with E-state index in [1.165, 1.54) is 6.42 Å². The molecule has 1 saturated heterocycles. The van der Waals surface area contributed by atoms with Gasteiger partial charge in [-0.2, -0.15) is 0 Å². The Kier molecular flexibility index (Phi) is 6.96. The summed E-state index contributed by atoms with van der Waals surface area (Å²) in [6.45, 7) is 10.1. The highest BCUT2D eigenvalue weighted by atomic mass is 16.3. The van der Waals surface area contributed by atoms with Crippen molar-refractivity contribution in [1.82, 2.24) is 19.6 Å². The summed E-state index contributed by atoms with van der Waals surface area (Å²) in [7, 11) is 0. The topological polar surface area (TPSA) is 69.9 Å². The molecule has 1 atom stereocenters. The molecule has 0 bridgehead atoms. The third kappa shape index (κ3) is 5.58. The minimum Gasteiger partial charge on any atom is -0.390 e. The molecule has 2 N–H and O–H groups in total. The van der Waals surface area contributed by atoms with Crippen LogP contribution in [-0.2, 0) is 6.54 Å². The third-order valence-electron chi connectivity index (χ3n) is 5.83. The average molecular weight is 401 g/mol. The Bertz CT molecular complexity index is 831. The van der Waals surface area contributed by atoms with Gasteiger partial charge in [0.15, 0.2) is 5.69 Å². The molecular weight excluding hydrogens is 364 g/mol. The molecule has 0 saturated carbocycles. The monoisotopic (exact) mass is 400 g/mol. The lowest BCUT2D eigenvalue weighted by Gasteiger charge is -2.26. The number of amides is 1. The number of hydrogen-bond acceptors (Lipinski definition) is 4. The standard InChI is InChI=1S/C23H36N4O2/c1-17-10-9-15-27-19(16-24-18(2)11-8-12-23(3,4)29)20(25-21(17)27)22(28)26-13-6-5-7-14-26/h9-10,15,18,24,29H,5-8,11-14,16H2,1-4H3/t18-/m0/s1. The Morgan fingerprint density at radius 1 is 1.31 bits per heavy atom. The number of pyridine rings is 1. The smallest absolute Gasteiger partial charge is 0.274 e. The molecule has 6 heteroatoms. The van der Waals surface area contributed by atoms with E-state index in [-0.39, 0.29) is 5.91 Å². The highest BCUT2D eigenvalue weighted by Crippen LogP contribution is 2.20. The molecule has 0 spiro atoms. The van der Waals surface area contributed by atoms with Crippen molar-refractivity contribution >= 4 is 11.6 Å². The van der Waals surface area contributed by atoms with E-state index in [4.69, 9.17) is 4.98 Å². The lowest BCUT2D eigenvalue weighted by Crippen LogP contribution is -2.37. The van der Waals surface area contributed by atoms with Crippen LogP contribution in [0.4, 0.5) is 0 Å². The number of nitrogens with one attached hydrogen (secondary N) is 1. The normalized spacial score (nSPS) is 16.4. The van der Waals surface area contributed by atoms with E-state index < -0.39 is 5.60 Å². The van der Waals surface area contributed by atoms with Crippen molar-refractivity contribution < 1.29 is 9.90 Å². The quantitative estimate of drug-likeness (QED) is 0.709.